The van der Waals surface area contributed by atoms with Crippen LogP contribution in [-0.4, -0.2) is 23.6 Å². The van der Waals surface area contributed by atoms with Gasteiger partial charge < -0.3 is 5.32 Å². The van der Waals surface area contributed by atoms with Crippen LogP contribution < -0.4 is 5.32 Å². The highest BCUT2D eigenvalue weighted by atomic mass is 32.2. The molecule has 0 amide bonds. The van der Waals surface area contributed by atoms with Gasteiger partial charge in [-0.2, -0.15) is 11.8 Å². The summed E-state index contributed by atoms with van der Waals surface area (Å²) in [4.78, 5) is 0. The summed E-state index contributed by atoms with van der Waals surface area (Å²) in [5.74, 6) is 0.729. The van der Waals surface area contributed by atoms with Gasteiger partial charge in [-0.25, -0.2) is 0 Å². The molecule has 2 aliphatic rings. The summed E-state index contributed by atoms with van der Waals surface area (Å²) in [5.41, 5.74) is 1.54. The van der Waals surface area contributed by atoms with Crippen LogP contribution in [0.25, 0.3) is 0 Å². The molecule has 2 fully saturated rings. The number of thioether (sulfide) groups is 1. The van der Waals surface area contributed by atoms with Gasteiger partial charge in [-0.15, -0.1) is 0 Å². The second-order valence-corrected chi connectivity index (χ2v) is 7.45. The summed E-state index contributed by atoms with van der Waals surface area (Å²) < 4.78 is 0.582. The minimum absolute atomic E-state index is 0.582. The van der Waals surface area contributed by atoms with E-state index < -0.39 is 0 Å². The summed E-state index contributed by atoms with van der Waals surface area (Å²) in [7, 11) is 0. The van der Waals surface area contributed by atoms with Crippen LogP contribution in [0.5, 0.6) is 0 Å². The van der Waals surface area contributed by atoms with Gasteiger partial charge in [0.15, 0.2) is 0 Å². The highest BCUT2D eigenvalue weighted by Crippen LogP contribution is 2.47. The van der Waals surface area contributed by atoms with Crippen molar-refractivity contribution >= 4 is 11.8 Å². The molecule has 0 bridgehead atoms. The van der Waals surface area contributed by atoms with E-state index in [1.807, 2.05) is 0 Å². The first-order valence-electron chi connectivity index (χ1n) is 7.66. The minimum Gasteiger partial charge on any atom is -0.312 e. The molecule has 2 aliphatic carbocycles. The zero-order chi connectivity index (χ0) is 13.1. The lowest BCUT2D eigenvalue weighted by atomic mass is 9.80. The van der Waals surface area contributed by atoms with E-state index in [2.05, 4.69) is 53.7 Å². The molecule has 0 heterocycles. The van der Waals surface area contributed by atoms with Gasteiger partial charge in [0.2, 0.25) is 0 Å². The van der Waals surface area contributed by atoms with E-state index in [4.69, 9.17) is 0 Å². The molecular weight excluding hydrogens is 250 g/mol. The lowest BCUT2D eigenvalue weighted by Gasteiger charge is -2.34. The second-order valence-electron chi connectivity index (χ2n) is 6.18. The Hall–Kier alpha value is -0.470. The van der Waals surface area contributed by atoms with Crippen molar-refractivity contribution < 1.29 is 0 Å². The topological polar surface area (TPSA) is 12.0 Å². The quantitative estimate of drug-likeness (QED) is 0.864. The van der Waals surface area contributed by atoms with Crippen molar-refractivity contribution in [3.05, 3.63) is 35.9 Å². The Balaban J connectivity index is 1.64. The molecule has 1 aromatic rings. The Bertz CT molecular complexity index is 399. The molecule has 19 heavy (non-hydrogen) atoms. The Labute approximate surface area is 121 Å². The second kappa shape index (κ2) is 5.88. The Morgan fingerprint density at radius 3 is 2.58 bits per heavy atom. The molecule has 0 aromatic heterocycles. The van der Waals surface area contributed by atoms with Crippen LogP contribution in [0.4, 0.5) is 0 Å². The third-order valence-corrected chi connectivity index (χ3v) is 6.34. The van der Waals surface area contributed by atoms with Gasteiger partial charge in [-0.1, -0.05) is 43.2 Å². The van der Waals surface area contributed by atoms with Crippen LogP contribution in [-0.2, 0) is 0 Å². The molecule has 1 aromatic carbocycles. The third-order valence-electron chi connectivity index (χ3n) is 4.92. The molecule has 1 nitrogen and oxygen atoms in total. The average molecular weight is 275 g/mol. The predicted molar refractivity (Wildman–Crippen MR) is 84.9 cm³/mol. The van der Waals surface area contributed by atoms with Crippen LogP contribution in [0.2, 0.25) is 0 Å². The molecule has 2 atom stereocenters. The zero-order valence-corrected chi connectivity index (χ0v) is 12.7. The first-order chi connectivity index (χ1) is 9.33. The lowest BCUT2D eigenvalue weighted by Crippen LogP contribution is -2.41. The van der Waals surface area contributed by atoms with Gasteiger partial charge in [0, 0.05) is 17.3 Å². The smallest absolute Gasteiger partial charge is 0.0282 e. The molecule has 1 N–H and O–H groups in total. The number of hydrogen-bond acceptors (Lipinski definition) is 2. The van der Waals surface area contributed by atoms with Crippen molar-refractivity contribution in [2.75, 3.05) is 12.8 Å². The Kier molecular flexibility index (Phi) is 4.18. The molecule has 2 heteroatoms. The molecule has 2 saturated carbocycles. The summed E-state index contributed by atoms with van der Waals surface area (Å²) in [6.07, 6.45) is 10.6. The van der Waals surface area contributed by atoms with E-state index in [9.17, 15) is 0 Å². The molecule has 0 aliphatic heterocycles. The summed E-state index contributed by atoms with van der Waals surface area (Å²) >= 11 is 2.06. The molecule has 104 valence electrons. The minimum atomic E-state index is 0.582. The maximum Gasteiger partial charge on any atom is 0.0282 e. The first kappa shape index (κ1) is 13.5. The number of hydrogen-bond donors (Lipinski definition) is 1. The van der Waals surface area contributed by atoms with E-state index in [0.717, 1.165) is 5.92 Å². The average Bonchev–Trinajstić information content (AvgIpc) is 3.27. The largest absolute Gasteiger partial charge is 0.312 e. The van der Waals surface area contributed by atoms with Crippen LogP contribution in [0.3, 0.4) is 0 Å². The van der Waals surface area contributed by atoms with Gasteiger partial charge in [0.25, 0.3) is 0 Å². The van der Waals surface area contributed by atoms with Gasteiger partial charge in [0.1, 0.15) is 0 Å². The summed E-state index contributed by atoms with van der Waals surface area (Å²) in [5, 5.41) is 3.90. The molecule has 0 spiro atoms. The van der Waals surface area contributed by atoms with Crippen molar-refractivity contribution in [1.29, 1.82) is 0 Å². The molecule has 0 radical (unpaired) electrons. The fourth-order valence-electron chi connectivity index (χ4n) is 3.38. The maximum absolute atomic E-state index is 3.90. The van der Waals surface area contributed by atoms with Crippen molar-refractivity contribution in [3.8, 4) is 0 Å². The van der Waals surface area contributed by atoms with E-state index >= 15 is 0 Å². The highest BCUT2D eigenvalue weighted by molar-refractivity contribution is 8.00. The highest BCUT2D eigenvalue weighted by Gasteiger charge is 2.42. The van der Waals surface area contributed by atoms with Crippen LogP contribution in [0.1, 0.15) is 50.0 Å². The first-order valence-corrected chi connectivity index (χ1v) is 8.89. The van der Waals surface area contributed by atoms with Crippen LogP contribution in [0.15, 0.2) is 30.3 Å². The SMILES string of the molecule is CSC1(CNC2CCCCC2c2ccccc2)CC1. The third kappa shape index (κ3) is 3.17. The lowest BCUT2D eigenvalue weighted by molar-refractivity contribution is 0.327. The van der Waals surface area contributed by atoms with Gasteiger partial charge in [-0.05, 0) is 43.4 Å². The fraction of sp³-hybridized carbons (Fsp3) is 0.647. The molecule has 2 unspecified atom stereocenters. The summed E-state index contributed by atoms with van der Waals surface area (Å²) in [6, 6.07) is 11.8. The fourth-order valence-corrected chi connectivity index (χ4v) is 4.12. The summed E-state index contributed by atoms with van der Waals surface area (Å²) in [6.45, 7) is 1.21. The zero-order valence-electron chi connectivity index (χ0n) is 11.9. The number of benzene rings is 1. The normalized spacial score (nSPS) is 29.1. The van der Waals surface area contributed by atoms with Crippen molar-refractivity contribution in [1.82, 2.24) is 5.32 Å². The van der Waals surface area contributed by atoms with Crippen LogP contribution in [0, 0.1) is 0 Å². The predicted octanol–water partition coefficient (Wildman–Crippen LogP) is 4.20. The number of nitrogens with one attached hydrogen (secondary N) is 1. The van der Waals surface area contributed by atoms with Crippen molar-refractivity contribution in [2.24, 2.45) is 0 Å². The van der Waals surface area contributed by atoms with E-state index in [-0.39, 0.29) is 0 Å². The van der Waals surface area contributed by atoms with Crippen molar-refractivity contribution in [3.63, 3.8) is 0 Å². The number of rotatable bonds is 5. The molecular formula is C17H25NS. The molecule has 3 rings (SSSR count). The van der Waals surface area contributed by atoms with Gasteiger partial charge in [0.05, 0.1) is 0 Å². The van der Waals surface area contributed by atoms with Crippen LogP contribution >= 0.6 is 11.8 Å². The maximum atomic E-state index is 3.90. The monoisotopic (exact) mass is 275 g/mol. The van der Waals surface area contributed by atoms with E-state index in [0.29, 0.717) is 10.8 Å². The van der Waals surface area contributed by atoms with Gasteiger partial charge in [-0.3, -0.25) is 0 Å². The Morgan fingerprint density at radius 2 is 1.89 bits per heavy atom. The van der Waals surface area contributed by atoms with E-state index in [1.54, 1.807) is 0 Å². The van der Waals surface area contributed by atoms with Gasteiger partial charge >= 0.3 is 0 Å². The molecule has 0 saturated heterocycles. The van der Waals surface area contributed by atoms with E-state index in [1.165, 1.54) is 50.6 Å². The van der Waals surface area contributed by atoms with Crippen molar-refractivity contribution in [2.45, 2.75) is 55.2 Å². The standard InChI is InChI=1S/C17H25NS/c1-19-17(11-12-17)13-18-16-10-6-5-9-15(16)14-7-3-2-4-8-14/h2-4,7-8,15-16,18H,5-6,9-13H2,1H3. The Morgan fingerprint density at radius 1 is 1.16 bits per heavy atom.